The van der Waals surface area contributed by atoms with Crippen molar-refractivity contribution >= 4 is 40.6 Å². The van der Waals surface area contributed by atoms with Crippen LogP contribution in [0.4, 0.5) is 11.4 Å². The molecule has 8 nitrogen and oxygen atoms in total. The SMILES string of the molecule is O=C(CSc1nnc2n1CCCCC2)Nc1ccc([N+](=O)[O-])cc1Cl. The van der Waals surface area contributed by atoms with Gasteiger partial charge in [0.05, 0.1) is 21.4 Å². The van der Waals surface area contributed by atoms with E-state index in [-0.39, 0.29) is 22.4 Å². The van der Waals surface area contributed by atoms with Crippen LogP contribution in [0.5, 0.6) is 0 Å². The molecule has 1 N–H and O–H groups in total. The van der Waals surface area contributed by atoms with Gasteiger partial charge in [-0.2, -0.15) is 0 Å². The number of fused-ring (bicyclic) bond motifs is 1. The monoisotopic (exact) mass is 381 g/mol. The maximum atomic E-state index is 12.1. The Balaban J connectivity index is 1.60. The van der Waals surface area contributed by atoms with Gasteiger partial charge in [-0.05, 0) is 18.9 Å². The van der Waals surface area contributed by atoms with Crippen LogP contribution in [0.25, 0.3) is 0 Å². The number of non-ortho nitro benzene ring substituents is 1. The first-order chi connectivity index (χ1) is 12.0. The molecular formula is C15H16ClN5O3S. The second kappa shape index (κ2) is 7.83. The molecule has 1 amide bonds. The molecule has 0 saturated carbocycles. The Labute approximate surface area is 153 Å². The average Bonchev–Trinajstić information content (AvgIpc) is 2.81. The van der Waals surface area contributed by atoms with Gasteiger partial charge in [0, 0.05) is 25.1 Å². The van der Waals surface area contributed by atoms with Crippen molar-refractivity contribution in [3.63, 3.8) is 0 Å². The Morgan fingerprint density at radius 3 is 2.96 bits per heavy atom. The highest BCUT2D eigenvalue weighted by atomic mass is 35.5. The number of aryl methyl sites for hydroxylation is 1. The fraction of sp³-hybridized carbons (Fsp3) is 0.400. The molecule has 10 heteroatoms. The van der Waals surface area contributed by atoms with Crippen LogP contribution in [0.15, 0.2) is 23.4 Å². The van der Waals surface area contributed by atoms with E-state index in [9.17, 15) is 14.9 Å². The number of amides is 1. The summed E-state index contributed by atoms with van der Waals surface area (Å²) in [5, 5.41) is 22.6. The number of aromatic nitrogens is 3. The van der Waals surface area contributed by atoms with Gasteiger partial charge >= 0.3 is 0 Å². The van der Waals surface area contributed by atoms with Gasteiger partial charge in [-0.1, -0.05) is 29.8 Å². The molecule has 0 radical (unpaired) electrons. The lowest BCUT2D eigenvalue weighted by molar-refractivity contribution is -0.384. The van der Waals surface area contributed by atoms with Crippen LogP contribution < -0.4 is 5.32 Å². The summed E-state index contributed by atoms with van der Waals surface area (Å²) < 4.78 is 2.07. The van der Waals surface area contributed by atoms with Gasteiger partial charge in [-0.25, -0.2) is 0 Å². The van der Waals surface area contributed by atoms with Crippen molar-refractivity contribution in [3.8, 4) is 0 Å². The van der Waals surface area contributed by atoms with Crippen molar-refractivity contribution in [2.75, 3.05) is 11.1 Å². The van der Waals surface area contributed by atoms with E-state index >= 15 is 0 Å². The lowest BCUT2D eigenvalue weighted by Crippen LogP contribution is -2.15. The number of benzene rings is 1. The summed E-state index contributed by atoms with van der Waals surface area (Å²) in [7, 11) is 0. The molecule has 0 saturated heterocycles. The lowest BCUT2D eigenvalue weighted by Gasteiger charge is -2.08. The third-order valence-electron chi connectivity index (χ3n) is 3.85. The minimum absolute atomic E-state index is 0.122. The summed E-state index contributed by atoms with van der Waals surface area (Å²) in [5.74, 6) is 0.872. The molecule has 1 aliphatic rings. The number of carbonyl (C=O) groups is 1. The average molecular weight is 382 g/mol. The molecule has 0 bridgehead atoms. The molecule has 0 spiro atoms. The molecule has 0 fully saturated rings. The van der Waals surface area contributed by atoms with Crippen molar-refractivity contribution in [1.29, 1.82) is 0 Å². The third kappa shape index (κ3) is 4.29. The van der Waals surface area contributed by atoms with Crippen LogP contribution in [-0.4, -0.2) is 31.3 Å². The molecule has 132 valence electrons. The fourth-order valence-corrected chi connectivity index (χ4v) is 3.61. The molecule has 1 aromatic carbocycles. The zero-order chi connectivity index (χ0) is 17.8. The lowest BCUT2D eigenvalue weighted by atomic mass is 10.2. The molecule has 0 unspecified atom stereocenters. The smallest absolute Gasteiger partial charge is 0.271 e. The molecular weight excluding hydrogens is 366 g/mol. The summed E-state index contributed by atoms with van der Waals surface area (Å²) >= 11 is 7.30. The number of hydrogen-bond donors (Lipinski definition) is 1. The number of anilines is 1. The zero-order valence-corrected chi connectivity index (χ0v) is 14.8. The number of nitrogens with one attached hydrogen (secondary N) is 1. The normalized spacial score (nSPS) is 13.8. The highest BCUT2D eigenvalue weighted by Gasteiger charge is 2.17. The number of hydrogen-bond acceptors (Lipinski definition) is 6. The van der Waals surface area contributed by atoms with Crippen LogP contribution in [0, 0.1) is 10.1 Å². The first-order valence-corrected chi connectivity index (χ1v) is 9.19. The number of carbonyl (C=O) groups excluding carboxylic acids is 1. The number of halogens is 1. The van der Waals surface area contributed by atoms with Crippen molar-refractivity contribution < 1.29 is 9.72 Å². The maximum Gasteiger partial charge on any atom is 0.271 e. The molecule has 0 aliphatic carbocycles. The van der Waals surface area contributed by atoms with Crippen LogP contribution in [0.2, 0.25) is 5.02 Å². The van der Waals surface area contributed by atoms with Gasteiger partial charge in [0.15, 0.2) is 5.16 Å². The molecule has 2 heterocycles. The second-order valence-corrected chi connectivity index (χ2v) is 6.97. The first-order valence-electron chi connectivity index (χ1n) is 7.83. The predicted molar refractivity (Wildman–Crippen MR) is 95.0 cm³/mol. The van der Waals surface area contributed by atoms with E-state index < -0.39 is 4.92 Å². The van der Waals surface area contributed by atoms with Crippen molar-refractivity contribution in [1.82, 2.24) is 14.8 Å². The summed E-state index contributed by atoms with van der Waals surface area (Å²) in [4.78, 5) is 22.3. The summed E-state index contributed by atoms with van der Waals surface area (Å²) in [6, 6.07) is 3.93. The highest BCUT2D eigenvalue weighted by molar-refractivity contribution is 7.99. The summed E-state index contributed by atoms with van der Waals surface area (Å²) in [5.41, 5.74) is 0.224. The van der Waals surface area contributed by atoms with Crippen LogP contribution in [-0.2, 0) is 17.8 Å². The van der Waals surface area contributed by atoms with Crippen LogP contribution in [0.3, 0.4) is 0 Å². The molecule has 0 atom stereocenters. The molecule has 25 heavy (non-hydrogen) atoms. The Morgan fingerprint density at radius 2 is 2.20 bits per heavy atom. The summed E-state index contributed by atoms with van der Waals surface area (Å²) in [6.45, 7) is 0.875. The number of nitrogens with zero attached hydrogens (tertiary/aromatic N) is 4. The van der Waals surface area contributed by atoms with Crippen molar-refractivity contribution in [2.45, 2.75) is 37.4 Å². The molecule has 1 aromatic heterocycles. The summed E-state index contributed by atoms with van der Waals surface area (Å²) in [6.07, 6.45) is 4.29. The molecule has 1 aliphatic heterocycles. The van der Waals surface area contributed by atoms with Gasteiger partial charge in [-0.15, -0.1) is 10.2 Å². The maximum absolute atomic E-state index is 12.1. The number of rotatable bonds is 5. The van der Waals surface area contributed by atoms with Crippen LogP contribution >= 0.6 is 23.4 Å². The topological polar surface area (TPSA) is 103 Å². The Hall–Kier alpha value is -2.13. The van der Waals surface area contributed by atoms with Gasteiger partial charge in [0.2, 0.25) is 5.91 Å². The minimum atomic E-state index is -0.537. The number of nitro groups is 1. The van der Waals surface area contributed by atoms with Crippen molar-refractivity contribution in [3.05, 3.63) is 39.2 Å². The number of nitro benzene ring substituents is 1. The van der Waals surface area contributed by atoms with E-state index in [0.717, 1.165) is 36.8 Å². The fourth-order valence-electron chi connectivity index (χ4n) is 2.60. The molecule has 2 aromatic rings. The van der Waals surface area contributed by atoms with E-state index in [1.54, 1.807) is 0 Å². The van der Waals surface area contributed by atoms with E-state index in [1.165, 1.54) is 36.4 Å². The zero-order valence-electron chi connectivity index (χ0n) is 13.3. The quantitative estimate of drug-likeness (QED) is 0.484. The highest BCUT2D eigenvalue weighted by Crippen LogP contribution is 2.27. The Bertz CT molecular complexity index is 810. The predicted octanol–water partition coefficient (Wildman–Crippen LogP) is 3.30. The largest absolute Gasteiger partial charge is 0.324 e. The molecule has 3 rings (SSSR count). The first kappa shape index (κ1) is 17.7. The van der Waals surface area contributed by atoms with Gasteiger partial charge in [-0.3, -0.25) is 14.9 Å². The Morgan fingerprint density at radius 1 is 1.36 bits per heavy atom. The number of thioether (sulfide) groups is 1. The van der Waals surface area contributed by atoms with E-state index in [1.807, 2.05) is 0 Å². The van der Waals surface area contributed by atoms with Gasteiger partial charge < -0.3 is 9.88 Å². The van der Waals surface area contributed by atoms with E-state index in [4.69, 9.17) is 11.6 Å². The van der Waals surface area contributed by atoms with Gasteiger partial charge in [0.25, 0.3) is 5.69 Å². The van der Waals surface area contributed by atoms with Crippen molar-refractivity contribution in [2.24, 2.45) is 0 Å². The van der Waals surface area contributed by atoms with Gasteiger partial charge in [0.1, 0.15) is 5.82 Å². The van der Waals surface area contributed by atoms with E-state index in [0.29, 0.717) is 5.69 Å². The van der Waals surface area contributed by atoms with E-state index in [2.05, 4.69) is 20.1 Å². The third-order valence-corrected chi connectivity index (χ3v) is 5.12. The Kier molecular flexibility index (Phi) is 5.54. The second-order valence-electron chi connectivity index (χ2n) is 5.62. The minimum Gasteiger partial charge on any atom is -0.324 e. The standard InChI is InChI=1S/C15H16ClN5O3S/c16-11-8-10(21(23)24)5-6-12(11)17-14(22)9-25-15-19-18-13-4-2-1-3-7-20(13)15/h5-6,8H,1-4,7,9H2,(H,17,22). The van der Waals surface area contributed by atoms with Crippen LogP contribution in [0.1, 0.15) is 25.1 Å².